The molecule has 0 unspecified atom stereocenters. The number of allylic oxidation sites excluding steroid dienone is 1. The van der Waals surface area contributed by atoms with Gasteiger partial charge >= 0.3 is 0 Å². The van der Waals surface area contributed by atoms with Crippen LogP contribution >= 0.6 is 0 Å². The molecule has 0 fully saturated rings. The van der Waals surface area contributed by atoms with Crippen molar-refractivity contribution in [2.24, 2.45) is 0 Å². The first-order chi connectivity index (χ1) is 8.66. The molecule has 0 atom stereocenters. The molecule has 0 aromatic rings. The predicted molar refractivity (Wildman–Crippen MR) is 74.8 cm³/mol. The molecule has 0 spiro atoms. The Bertz CT molecular complexity index is 441. The monoisotopic (exact) mass is 292 g/mol. The van der Waals surface area contributed by atoms with E-state index in [0.717, 1.165) is 6.42 Å². The molecule has 0 aliphatic heterocycles. The lowest BCUT2D eigenvalue weighted by atomic mass is 10.2. The third-order valence-corrected chi connectivity index (χ3v) is 3.81. The Kier molecular flexibility index (Phi) is 7.25. The molecule has 0 bridgehead atoms. The fraction of sp³-hybridized carbons (Fsp3) is 0.750. The van der Waals surface area contributed by atoms with Crippen molar-refractivity contribution in [3.8, 4) is 0 Å². The SMILES string of the molecule is CCC/C(=C(/C)C(=O)N(CCC)N(C)C)S(=O)(=O)O. The number of carbonyl (C=O) groups excluding carboxylic acids is 1. The number of nitrogens with zero attached hydrogens (tertiary/aromatic N) is 2. The minimum Gasteiger partial charge on any atom is -0.282 e. The third-order valence-electron chi connectivity index (χ3n) is 2.68. The smallest absolute Gasteiger partial charge is 0.282 e. The lowest BCUT2D eigenvalue weighted by Crippen LogP contribution is -2.43. The van der Waals surface area contributed by atoms with Crippen LogP contribution < -0.4 is 0 Å². The summed E-state index contributed by atoms with van der Waals surface area (Å²) >= 11 is 0. The van der Waals surface area contributed by atoms with Crippen molar-refractivity contribution < 1.29 is 17.8 Å². The zero-order chi connectivity index (χ0) is 15.2. The fourth-order valence-electron chi connectivity index (χ4n) is 1.74. The molecule has 0 aliphatic rings. The third kappa shape index (κ3) is 5.30. The second-order valence-electron chi connectivity index (χ2n) is 4.55. The van der Waals surface area contributed by atoms with Gasteiger partial charge in [-0.3, -0.25) is 14.4 Å². The molecule has 19 heavy (non-hydrogen) atoms. The van der Waals surface area contributed by atoms with Crippen LogP contribution in [0.3, 0.4) is 0 Å². The first kappa shape index (κ1) is 18.1. The summed E-state index contributed by atoms with van der Waals surface area (Å²) in [7, 11) is -0.900. The minimum absolute atomic E-state index is 0.0755. The number of hydrogen-bond acceptors (Lipinski definition) is 4. The molecular weight excluding hydrogens is 268 g/mol. The van der Waals surface area contributed by atoms with E-state index in [2.05, 4.69) is 0 Å². The lowest BCUT2D eigenvalue weighted by Gasteiger charge is -2.29. The molecule has 0 rings (SSSR count). The number of amides is 1. The van der Waals surface area contributed by atoms with E-state index in [1.54, 1.807) is 26.0 Å². The Labute approximate surface area is 115 Å². The minimum atomic E-state index is -4.33. The second kappa shape index (κ2) is 7.62. The molecule has 0 saturated heterocycles. The normalized spacial score (nSPS) is 13.4. The number of hydrazine groups is 1. The molecule has 0 aromatic carbocycles. The van der Waals surface area contributed by atoms with Crippen LogP contribution in [0, 0.1) is 0 Å². The first-order valence-electron chi connectivity index (χ1n) is 6.33. The van der Waals surface area contributed by atoms with Crippen molar-refractivity contribution in [3.63, 3.8) is 0 Å². The molecule has 112 valence electrons. The Morgan fingerprint density at radius 3 is 2.00 bits per heavy atom. The highest BCUT2D eigenvalue weighted by atomic mass is 32.2. The Morgan fingerprint density at radius 1 is 1.16 bits per heavy atom. The Balaban J connectivity index is 5.54. The average Bonchev–Trinajstić information content (AvgIpc) is 2.29. The Hall–Kier alpha value is -0.920. The van der Waals surface area contributed by atoms with Gasteiger partial charge < -0.3 is 0 Å². The van der Waals surface area contributed by atoms with Gasteiger partial charge in [-0.05, 0) is 19.8 Å². The maximum Gasteiger partial charge on any atom is 0.291 e. The van der Waals surface area contributed by atoms with Gasteiger partial charge in [0.2, 0.25) is 0 Å². The van der Waals surface area contributed by atoms with Gasteiger partial charge in [-0.25, -0.2) is 5.01 Å². The van der Waals surface area contributed by atoms with Crippen LogP contribution in [0.5, 0.6) is 0 Å². The molecule has 6 nitrogen and oxygen atoms in total. The molecule has 0 heterocycles. The number of hydrogen-bond donors (Lipinski definition) is 1. The maximum absolute atomic E-state index is 12.3. The summed E-state index contributed by atoms with van der Waals surface area (Å²) in [6, 6.07) is 0. The zero-order valence-electron chi connectivity index (χ0n) is 12.3. The largest absolute Gasteiger partial charge is 0.291 e. The summed E-state index contributed by atoms with van der Waals surface area (Å²) in [4.78, 5) is 12.1. The summed E-state index contributed by atoms with van der Waals surface area (Å²) in [5.41, 5.74) is 0.0755. The van der Waals surface area contributed by atoms with E-state index in [4.69, 9.17) is 0 Å². The van der Waals surface area contributed by atoms with E-state index in [1.807, 2.05) is 6.92 Å². The highest BCUT2D eigenvalue weighted by molar-refractivity contribution is 7.89. The summed E-state index contributed by atoms with van der Waals surface area (Å²) in [6.45, 7) is 5.65. The fourth-order valence-corrected chi connectivity index (χ4v) is 2.68. The summed E-state index contributed by atoms with van der Waals surface area (Å²) in [6.07, 6.45) is 1.45. The van der Waals surface area contributed by atoms with Gasteiger partial charge in [-0.15, -0.1) is 0 Å². The van der Waals surface area contributed by atoms with Crippen LogP contribution in [0.1, 0.15) is 40.0 Å². The lowest BCUT2D eigenvalue weighted by molar-refractivity contribution is -0.140. The van der Waals surface area contributed by atoms with Crippen molar-refractivity contribution in [1.29, 1.82) is 0 Å². The van der Waals surface area contributed by atoms with Gasteiger partial charge in [0, 0.05) is 26.2 Å². The molecule has 0 saturated carbocycles. The predicted octanol–water partition coefficient (Wildman–Crippen LogP) is 1.66. The van der Waals surface area contributed by atoms with Crippen LogP contribution in [0.4, 0.5) is 0 Å². The van der Waals surface area contributed by atoms with Crippen LogP contribution in [0.2, 0.25) is 0 Å². The topological polar surface area (TPSA) is 77.9 Å². The van der Waals surface area contributed by atoms with Crippen molar-refractivity contribution >= 4 is 16.0 Å². The molecule has 1 N–H and O–H groups in total. The highest BCUT2D eigenvalue weighted by Crippen LogP contribution is 2.19. The van der Waals surface area contributed by atoms with E-state index in [9.17, 15) is 17.8 Å². The van der Waals surface area contributed by atoms with Crippen LogP contribution in [0.15, 0.2) is 10.5 Å². The molecular formula is C12H24N2O4S. The van der Waals surface area contributed by atoms with Crippen molar-refractivity contribution in [2.45, 2.75) is 40.0 Å². The maximum atomic E-state index is 12.3. The van der Waals surface area contributed by atoms with E-state index in [1.165, 1.54) is 11.9 Å². The summed E-state index contributed by atoms with van der Waals surface area (Å²) in [5, 5.41) is 3.07. The Morgan fingerprint density at radius 2 is 1.68 bits per heavy atom. The van der Waals surface area contributed by atoms with Crippen molar-refractivity contribution in [3.05, 3.63) is 10.5 Å². The van der Waals surface area contributed by atoms with E-state index in [-0.39, 0.29) is 16.9 Å². The molecule has 0 aromatic heterocycles. The summed E-state index contributed by atoms with van der Waals surface area (Å²) < 4.78 is 31.9. The average molecular weight is 292 g/mol. The van der Waals surface area contributed by atoms with E-state index in [0.29, 0.717) is 13.0 Å². The van der Waals surface area contributed by atoms with Crippen LogP contribution in [0.25, 0.3) is 0 Å². The number of carbonyl (C=O) groups is 1. The van der Waals surface area contributed by atoms with E-state index >= 15 is 0 Å². The zero-order valence-corrected chi connectivity index (χ0v) is 13.1. The molecule has 0 radical (unpaired) electrons. The van der Waals surface area contributed by atoms with Crippen molar-refractivity contribution in [2.75, 3.05) is 20.6 Å². The van der Waals surface area contributed by atoms with Crippen molar-refractivity contribution in [1.82, 2.24) is 10.0 Å². The van der Waals surface area contributed by atoms with Crippen LogP contribution in [-0.4, -0.2) is 49.5 Å². The van der Waals surface area contributed by atoms with Gasteiger partial charge in [0.15, 0.2) is 0 Å². The molecule has 1 amide bonds. The molecule has 7 heteroatoms. The van der Waals surface area contributed by atoms with Gasteiger partial charge in [-0.2, -0.15) is 8.42 Å². The van der Waals surface area contributed by atoms with Crippen LogP contribution in [-0.2, 0) is 14.9 Å². The quantitative estimate of drug-likeness (QED) is 0.439. The highest BCUT2D eigenvalue weighted by Gasteiger charge is 2.24. The number of rotatable bonds is 7. The van der Waals surface area contributed by atoms with Gasteiger partial charge in [0.05, 0.1) is 4.91 Å². The van der Waals surface area contributed by atoms with Gasteiger partial charge in [-0.1, -0.05) is 20.3 Å². The van der Waals surface area contributed by atoms with Gasteiger partial charge in [0.25, 0.3) is 16.0 Å². The standard InChI is InChI=1S/C12H24N2O4S/c1-6-8-11(19(16,17)18)10(3)12(15)14(9-7-2)13(4)5/h6-9H2,1-5H3,(H,16,17,18)/b11-10+. The first-order valence-corrected chi connectivity index (χ1v) is 7.77. The van der Waals surface area contributed by atoms with Gasteiger partial charge in [0.1, 0.15) is 0 Å². The summed E-state index contributed by atoms with van der Waals surface area (Å²) in [5.74, 6) is -0.395. The molecule has 0 aliphatic carbocycles. The van der Waals surface area contributed by atoms with E-state index < -0.39 is 16.0 Å². The second-order valence-corrected chi connectivity index (χ2v) is 5.99.